The summed E-state index contributed by atoms with van der Waals surface area (Å²) in [4.78, 5) is 11.4. The largest absolute Gasteiger partial charge is 0.355 e. The molecule has 0 spiro atoms. The lowest BCUT2D eigenvalue weighted by molar-refractivity contribution is -0.121. The molecule has 1 fully saturated rings. The first kappa shape index (κ1) is 17.7. The van der Waals surface area contributed by atoms with Crippen molar-refractivity contribution in [2.24, 2.45) is 5.92 Å². The summed E-state index contributed by atoms with van der Waals surface area (Å²) in [6.45, 7) is 2.31. The van der Waals surface area contributed by atoms with Crippen molar-refractivity contribution in [3.63, 3.8) is 0 Å². The van der Waals surface area contributed by atoms with Gasteiger partial charge < -0.3 is 10.6 Å². The van der Waals surface area contributed by atoms with Gasteiger partial charge in [0.2, 0.25) is 5.91 Å². The quantitative estimate of drug-likeness (QED) is 0.742. The third-order valence-electron chi connectivity index (χ3n) is 3.03. The molecule has 0 aromatic carbocycles. The molecule has 1 heterocycles. The number of carbonyl (C=O) groups excluding carboxylic acids is 1. The van der Waals surface area contributed by atoms with E-state index in [1.807, 2.05) is 0 Å². The molecule has 0 atom stereocenters. The molecular weight excluding hydrogens is 276 g/mol. The molecule has 0 saturated carbocycles. The van der Waals surface area contributed by atoms with Gasteiger partial charge in [0.25, 0.3) is 0 Å². The van der Waals surface area contributed by atoms with E-state index in [-0.39, 0.29) is 30.6 Å². The average Bonchev–Trinajstić information content (AvgIpc) is 2.26. The maximum Gasteiger partial charge on any atom is 0.220 e. The normalized spacial score (nSPS) is 16.9. The van der Waals surface area contributed by atoms with Crippen LogP contribution in [0.25, 0.3) is 0 Å². The Bertz CT molecular complexity index is 340. The highest BCUT2D eigenvalue weighted by atomic mass is 35.5. The topological polar surface area (TPSA) is 75.3 Å². The lowest BCUT2D eigenvalue weighted by atomic mass is 9.93. The van der Waals surface area contributed by atoms with E-state index < -0.39 is 9.84 Å². The number of amides is 1. The molecule has 0 aliphatic carbocycles. The highest BCUT2D eigenvalue weighted by Crippen LogP contribution is 2.17. The van der Waals surface area contributed by atoms with Gasteiger partial charge in [-0.1, -0.05) is 0 Å². The van der Waals surface area contributed by atoms with E-state index in [0.717, 1.165) is 32.4 Å². The Hall–Kier alpha value is -0.330. The Morgan fingerprint density at radius 2 is 1.94 bits per heavy atom. The van der Waals surface area contributed by atoms with Gasteiger partial charge in [-0.15, -0.1) is 12.4 Å². The van der Waals surface area contributed by atoms with Crippen LogP contribution in [-0.4, -0.2) is 46.0 Å². The number of hydrogen-bond acceptors (Lipinski definition) is 4. The Kier molecular flexibility index (Phi) is 8.56. The number of hydrogen-bond donors (Lipinski definition) is 2. The smallest absolute Gasteiger partial charge is 0.220 e. The maximum atomic E-state index is 11.4. The Labute approximate surface area is 115 Å². The number of carbonyl (C=O) groups is 1. The van der Waals surface area contributed by atoms with Crippen LogP contribution < -0.4 is 10.6 Å². The monoisotopic (exact) mass is 298 g/mol. The van der Waals surface area contributed by atoms with Crippen LogP contribution in [-0.2, 0) is 14.6 Å². The molecule has 1 saturated heterocycles. The Balaban J connectivity index is 0.00000289. The lowest BCUT2D eigenvalue weighted by Gasteiger charge is -2.22. The van der Waals surface area contributed by atoms with Crippen molar-refractivity contribution in [1.29, 1.82) is 0 Å². The molecule has 1 aliphatic rings. The molecule has 0 unspecified atom stereocenters. The van der Waals surface area contributed by atoms with Crippen molar-refractivity contribution in [3.8, 4) is 0 Å². The predicted octanol–water partition coefficient (Wildman–Crippen LogP) is 0.349. The number of halogens is 1. The van der Waals surface area contributed by atoms with Crippen LogP contribution in [0.15, 0.2) is 0 Å². The van der Waals surface area contributed by atoms with Crippen LogP contribution in [0, 0.1) is 5.92 Å². The standard InChI is InChI=1S/C11H22N2O3S.ClH/c1-17(15,16)9-8-13-11(14)3-2-10-4-6-12-7-5-10;/h10,12H,2-9H2,1H3,(H,13,14);1H. The van der Waals surface area contributed by atoms with Crippen molar-refractivity contribution in [2.45, 2.75) is 25.7 Å². The third kappa shape index (κ3) is 8.72. The third-order valence-corrected chi connectivity index (χ3v) is 3.98. The van der Waals surface area contributed by atoms with Crippen molar-refractivity contribution in [3.05, 3.63) is 0 Å². The minimum atomic E-state index is -2.98. The molecule has 108 valence electrons. The van der Waals surface area contributed by atoms with E-state index in [2.05, 4.69) is 10.6 Å². The summed E-state index contributed by atoms with van der Waals surface area (Å²) in [6, 6.07) is 0. The fourth-order valence-corrected chi connectivity index (χ4v) is 2.44. The van der Waals surface area contributed by atoms with Crippen molar-refractivity contribution in [1.82, 2.24) is 10.6 Å². The zero-order valence-electron chi connectivity index (χ0n) is 10.8. The molecule has 2 N–H and O–H groups in total. The second kappa shape index (κ2) is 8.72. The molecular formula is C11H23ClN2O3S. The Morgan fingerprint density at radius 3 is 2.50 bits per heavy atom. The molecule has 5 nitrogen and oxygen atoms in total. The van der Waals surface area contributed by atoms with Crippen molar-refractivity contribution >= 4 is 28.2 Å². The van der Waals surface area contributed by atoms with Crippen LogP contribution in [0.4, 0.5) is 0 Å². The molecule has 0 radical (unpaired) electrons. The summed E-state index contributed by atoms with van der Waals surface area (Å²) in [5.41, 5.74) is 0. The zero-order valence-corrected chi connectivity index (χ0v) is 12.4. The van der Waals surface area contributed by atoms with Crippen molar-refractivity contribution < 1.29 is 13.2 Å². The minimum absolute atomic E-state index is 0. The highest BCUT2D eigenvalue weighted by molar-refractivity contribution is 7.90. The lowest BCUT2D eigenvalue weighted by Crippen LogP contribution is -2.31. The number of nitrogens with one attached hydrogen (secondary N) is 2. The highest BCUT2D eigenvalue weighted by Gasteiger charge is 2.14. The second-order valence-electron chi connectivity index (χ2n) is 4.71. The molecule has 7 heteroatoms. The molecule has 1 amide bonds. The summed E-state index contributed by atoms with van der Waals surface area (Å²) in [6.07, 6.45) is 4.86. The fourth-order valence-electron chi connectivity index (χ4n) is 1.97. The van der Waals surface area contributed by atoms with E-state index in [4.69, 9.17) is 0 Å². The fraction of sp³-hybridized carbons (Fsp3) is 0.909. The first-order valence-corrected chi connectivity index (χ1v) is 8.18. The van der Waals surface area contributed by atoms with Crippen LogP contribution in [0.5, 0.6) is 0 Å². The van der Waals surface area contributed by atoms with Gasteiger partial charge in [0.05, 0.1) is 5.75 Å². The molecule has 1 aliphatic heterocycles. The predicted molar refractivity (Wildman–Crippen MR) is 74.8 cm³/mol. The van der Waals surface area contributed by atoms with E-state index in [0.29, 0.717) is 12.3 Å². The second-order valence-corrected chi connectivity index (χ2v) is 6.97. The van der Waals surface area contributed by atoms with Crippen LogP contribution in [0.3, 0.4) is 0 Å². The summed E-state index contributed by atoms with van der Waals surface area (Å²) in [7, 11) is -2.98. The summed E-state index contributed by atoms with van der Waals surface area (Å²) in [5.74, 6) is 0.621. The summed E-state index contributed by atoms with van der Waals surface area (Å²) >= 11 is 0. The Morgan fingerprint density at radius 1 is 1.33 bits per heavy atom. The summed E-state index contributed by atoms with van der Waals surface area (Å²) in [5, 5.41) is 5.93. The molecule has 0 aromatic heterocycles. The zero-order chi connectivity index (χ0) is 12.7. The number of sulfone groups is 1. The number of piperidine rings is 1. The van der Waals surface area contributed by atoms with Gasteiger partial charge in [0.15, 0.2) is 0 Å². The van der Waals surface area contributed by atoms with Crippen molar-refractivity contribution in [2.75, 3.05) is 31.6 Å². The number of rotatable bonds is 6. The van der Waals surface area contributed by atoms with Gasteiger partial charge in [0.1, 0.15) is 9.84 Å². The van der Waals surface area contributed by atoms with E-state index in [9.17, 15) is 13.2 Å². The minimum Gasteiger partial charge on any atom is -0.355 e. The maximum absolute atomic E-state index is 11.4. The van der Waals surface area contributed by atoms with E-state index >= 15 is 0 Å². The molecule has 0 aromatic rings. The van der Waals surface area contributed by atoms with Gasteiger partial charge in [-0.25, -0.2) is 8.42 Å². The SMILES string of the molecule is CS(=O)(=O)CCNC(=O)CCC1CCNCC1.Cl. The van der Waals surface area contributed by atoms with E-state index in [1.165, 1.54) is 6.26 Å². The van der Waals surface area contributed by atoms with Crippen LogP contribution in [0.2, 0.25) is 0 Å². The van der Waals surface area contributed by atoms with Gasteiger partial charge in [-0.3, -0.25) is 4.79 Å². The molecule has 18 heavy (non-hydrogen) atoms. The van der Waals surface area contributed by atoms with Gasteiger partial charge >= 0.3 is 0 Å². The van der Waals surface area contributed by atoms with Crippen LogP contribution >= 0.6 is 12.4 Å². The van der Waals surface area contributed by atoms with E-state index in [1.54, 1.807) is 0 Å². The summed E-state index contributed by atoms with van der Waals surface area (Å²) < 4.78 is 21.7. The average molecular weight is 299 g/mol. The van der Waals surface area contributed by atoms with Gasteiger partial charge in [-0.05, 0) is 38.3 Å². The van der Waals surface area contributed by atoms with Crippen LogP contribution in [0.1, 0.15) is 25.7 Å². The molecule has 0 bridgehead atoms. The first-order valence-electron chi connectivity index (χ1n) is 6.12. The van der Waals surface area contributed by atoms with Gasteiger partial charge in [0, 0.05) is 19.2 Å². The first-order chi connectivity index (χ1) is 7.97. The van der Waals surface area contributed by atoms with Gasteiger partial charge in [-0.2, -0.15) is 0 Å². The molecule has 1 rings (SSSR count).